The van der Waals surface area contributed by atoms with Crippen molar-refractivity contribution < 1.29 is 8.78 Å². The zero-order valence-corrected chi connectivity index (χ0v) is 29.7. The quantitative estimate of drug-likeness (QED) is 0.170. The van der Waals surface area contributed by atoms with Crippen LogP contribution in [0.5, 0.6) is 0 Å². The van der Waals surface area contributed by atoms with Crippen molar-refractivity contribution in [2.75, 3.05) is 9.80 Å². The Morgan fingerprint density at radius 1 is 0.481 bits per heavy atom. The predicted octanol–water partition coefficient (Wildman–Crippen LogP) is 7.93. The van der Waals surface area contributed by atoms with Gasteiger partial charge in [-0.05, 0) is 90.0 Å². The van der Waals surface area contributed by atoms with E-state index >= 15 is 8.78 Å². The van der Waals surface area contributed by atoms with Crippen molar-refractivity contribution in [1.29, 1.82) is 0 Å². The van der Waals surface area contributed by atoms with E-state index in [1.807, 2.05) is 11.0 Å². The highest BCUT2D eigenvalue weighted by Crippen LogP contribution is 2.53. The van der Waals surface area contributed by atoms with Crippen molar-refractivity contribution in [3.05, 3.63) is 156 Å². The molecular weight excluding hydrogens is 660 g/mol. The number of anilines is 6. The van der Waals surface area contributed by atoms with Crippen LogP contribution in [-0.2, 0) is 0 Å². The number of rotatable bonds is 2. The molecule has 0 unspecified atom stereocenters. The number of fused-ring (bicyclic) bond motifs is 10. The van der Waals surface area contributed by atoms with Crippen LogP contribution in [0.15, 0.2) is 137 Å². The van der Waals surface area contributed by atoms with Gasteiger partial charge in [-0.2, -0.15) is 0 Å². The summed E-state index contributed by atoms with van der Waals surface area (Å²) < 4.78 is 32.9. The molecule has 4 heterocycles. The fourth-order valence-corrected chi connectivity index (χ4v) is 10.7. The molecule has 0 N–H and O–H groups in total. The van der Waals surface area contributed by atoms with Gasteiger partial charge in [0.25, 0.3) is 6.71 Å². The Kier molecular flexibility index (Phi) is 6.23. The Morgan fingerprint density at radius 2 is 1.02 bits per heavy atom. The third-order valence-electron chi connectivity index (χ3n) is 11.4. The van der Waals surface area contributed by atoms with Gasteiger partial charge in [-0.1, -0.05) is 125 Å². The number of halogens is 2. The summed E-state index contributed by atoms with van der Waals surface area (Å²) in [6.45, 7) is 6.24. The lowest BCUT2D eigenvalue weighted by molar-refractivity contribution is 0.586. The molecule has 0 amide bonds. The van der Waals surface area contributed by atoms with Gasteiger partial charge in [-0.15, -0.1) is 0 Å². The predicted molar refractivity (Wildman–Crippen MR) is 215 cm³/mol. The highest BCUT2D eigenvalue weighted by atomic mass is 32.2. The summed E-state index contributed by atoms with van der Waals surface area (Å²) in [6, 6.07) is 43.4. The van der Waals surface area contributed by atoms with Crippen LogP contribution in [-0.4, -0.2) is 13.4 Å². The SMILES string of the molecule is Cc1ccc2c(c1)B1c3ccccc3Sc3c1c1c4c(c3-c3ccccc3)N(c3c(F)cccc3F)c3ccc(C)cc3B4c3cc(C)ccc3N21. The first-order chi connectivity index (χ1) is 25.4. The minimum Gasteiger partial charge on any atom is -0.312 e. The third-order valence-corrected chi connectivity index (χ3v) is 12.6. The molecule has 0 aromatic heterocycles. The lowest BCUT2D eigenvalue weighted by Gasteiger charge is -2.50. The van der Waals surface area contributed by atoms with E-state index in [1.54, 1.807) is 11.8 Å². The van der Waals surface area contributed by atoms with E-state index in [-0.39, 0.29) is 19.1 Å². The Bertz CT molecular complexity index is 2690. The van der Waals surface area contributed by atoms with E-state index in [0.717, 1.165) is 60.9 Å². The lowest BCUT2D eigenvalue weighted by atomic mass is 9.29. The first-order valence-corrected chi connectivity index (χ1v) is 18.6. The summed E-state index contributed by atoms with van der Waals surface area (Å²) >= 11 is 1.78. The molecule has 4 aliphatic rings. The van der Waals surface area contributed by atoms with Crippen LogP contribution in [0, 0.1) is 32.4 Å². The molecule has 7 aromatic carbocycles. The molecule has 0 bridgehead atoms. The smallest absolute Gasteiger partial charge is 0.252 e. The van der Waals surface area contributed by atoms with Gasteiger partial charge in [0.2, 0.25) is 6.71 Å². The molecule has 7 heteroatoms. The number of hydrogen-bond donors (Lipinski definition) is 0. The van der Waals surface area contributed by atoms with Gasteiger partial charge in [-0.3, -0.25) is 0 Å². The molecule has 52 heavy (non-hydrogen) atoms. The van der Waals surface area contributed by atoms with Gasteiger partial charge in [0.1, 0.15) is 17.3 Å². The lowest BCUT2D eigenvalue weighted by Crippen LogP contribution is -2.68. The van der Waals surface area contributed by atoms with Gasteiger partial charge >= 0.3 is 0 Å². The molecule has 2 nitrogen and oxygen atoms in total. The molecular formula is C45H30B2F2N2S. The minimum atomic E-state index is -0.594. The summed E-state index contributed by atoms with van der Waals surface area (Å²) in [5.74, 6) is -1.19. The van der Waals surface area contributed by atoms with E-state index in [2.05, 4.69) is 129 Å². The first-order valence-electron chi connectivity index (χ1n) is 17.8. The molecule has 0 spiro atoms. The summed E-state index contributed by atoms with van der Waals surface area (Å²) in [4.78, 5) is 6.70. The maximum Gasteiger partial charge on any atom is 0.252 e. The second-order valence-electron chi connectivity index (χ2n) is 14.5. The molecule has 7 aromatic rings. The zero-order valence-electron chi connectivity index (χ0n) is 28.8. The van der Waals surface area contributed by atoms with E-state index in [1.165, 1.54) is 56.1 Å². The van der Waals surface area contributed by atoms with Crippen molar-refractivity contribution in [1.82, 2.24) is 0 Å². The minimum absolute atomic E-state index is 0.0217. The van der Waals surface area contributed by atoms with E-state index < -0.39 is 11.6 Å². The molecule has 4 aliphatic heterocycles. The molecule has 0 aliphatic carbocycles. The third kappa shape index (κ3) is 3.92. The average Bonchev–Trinajstić information content (AvgIpc) is 3.15. The molecule has 11 rings (SSSR count). The summed E-state index contributed by atoms with van der Waals surface area (Å²) in [7, 11) is 0. The van der Waals surface area contributed by atoms with Gasteiger partial charge in [0.15, 0.2) is 0 Å². The van der Waals surface area contributed by atoms with Crippen LogP contribution >= 0.6 is 11.8 Å². The fraction of sp³-hybridized carbons (Fsp3) is 0.0667. The molecule has 0 fully saturated rings. The second-order valence-corrected chi connectivity index (χ2v) is 15.6. The van der Waals surface area contributed by atoms with E-state index in [4.69, 9.17) is 0 Å². The molecule has 0 saturated heterocycles. The number of aryl methyl sites for hydroxylation is 3. The van der Waals surface area contributed by atoms with Crippen LogP contribution in [0.4, 0.5) is 42.9 Å². The maximum absolute atomic E-state index is 16.4. The van der Waals surface area contributed by atoms with Crippen molar-refractivity contribution in [3.8, 4) is 11.1 Å². The average molecular weight is 690 g/mol. The second kappa shape index (κ2) is 10.8. The normalized spacial score (nSPS) is 14.0. The van der Waals surface area contributed by atoms with Crippen molar-refractivity contribution in [2.45, 2.75) is 30.6 Å². The molecule has 0 atom stereocenters. The Morgan fingerprint density at radius 3 is 1.63 bits per heavy atom. The number of benzene rings is 7. The summed E-state index contributed by atoms with van der Waals surface area (Å²) in [5, 5.41) is 0. The van der Waals surface area contributed by atoms with E-state index in [0.29, 0.717) is 0 Å². The van der Waals surface area contributed by atoms with Crippen molar-refractivity contribution in [3.63, 3.8) is 0 Å². The van der Waals surface area contributed by atoms with E-state index in [9.17, 15) is 0 Å². The largest absolute Gasteiger partial charge is 0.312 e. The van der Waals surface area contributed by atoms with Gasteiger partial charge < -0.3 is 9.80 Å². The topological polar surface area (TPSA) is 6.48 Å². The molecule has 0 radical (unpaired) electrons. The van der Waals surface area contributed by atoms with Crippen LogP contribution in [0.2, 0.25) is 0 Å². The van der Waals surface area contributed by atoms with Crippen LogP contribution in [0.25, 0.3) is 11.1 Å². The Labute approximate surface area is 306 Å². The van der Waals surface area contributed by atoms with Gasteiger partial charge in [0.05, 0.1) is 5.69 Å². The van der Waals surface area contributed by atoms with Crippen molar-refractivity contribution >= 4 is 92.1 Å². The van der Waals surface area contributed by atoms with Crippen LogP contribution in [0.1, 0.15) is 16.7 Å². The molecule has 0 saturated carbocycles. The Balaban J connectivity index is 1.41. The highest BCUT2D eigenvalue weighted by Gasteiger charge is 2.52. The summed E-state index contributed by atoms with van der Waals surface area (Å²) in [6.07, 6.45) is 0. The standard InChI is InChI=1S/C45H30B2F2N2S/c1-25-16-19-35-30(22-25)46-29-12-7-8-15-38(29)52-45-39(28-10-5-4-6-11-28)43-40-44(41(45)46)50(35)36-20-17-26(2)23-31(36)47(40)32-24-27(3)18-21-37(32)51(43)42-33(48)13-9-14-34(42)49/h4-24H,1-3H3. The van der Waals surface area contributed by atoms with Gasteiger partial charge in [-0.25, -0.2) is 8.78 Å². The maximum atomic E-state index is 16.4. The zero-order chi connectivity index (χ0) is 35.0. The van der Waals surface area contributed by atoms with Crippen LogP contribution < -0.4 is 42.6 Å². The van der Waals surface area contributed by atoms with Crippen LogP contribution in [0.3, 0.4) is 0 Å². The first kappa shape index (κ1) is 30.1. The number of para-hydroxylation sites is 1. The Hall–Kier alpha value is -5.52. The van der Waals surface area contributed by atoms with Crippen molar-refractivity contribution in [2.24, 2.45) is 0 Å². The highest BCUT2D eigenvalue weighted by molar-refractivity contribution is 8.00. The summed E-state index contributed by atoms with van der Waals surface area (Å²) in [5.41, 5.74) is 17.7. The number of nitrogens with zero attached hydrogens (tertiary/aromatic N) is 2. The monoisotopic (exact) mass is 690 g/mol. The number of hydrogen-bond acceptors (Lipinski definition) is 3. The fourth-order valence-electron chi connectivity index (χ4n) is 9.37. The molecule has 246 valence electrons. The van der Waals surface area contributed by atoms with Gasteiger partial charge in [0, 0.05) is 38.1 Å².